The Morgan fingerprint density at radius 3 is 0.938 bits per heavy atom. The van der Waals surface area contributed by atoms with Gasteiger partial charge in [-0.05, 0) is 142 Å². The monoisotopic (exact) mass is 1600 g/mol. The normalized spacial score (nSPS) is 19.4. The summed E-state index contributed by atoms with van der Waals surface area (Å²) in [4.78, 5) is 5.19. The molecule has 2 aliphatic carbocycles. The predicted octanol–water partition coefficient (Wildman–Crippen LogP) is 18.9. The number of benzene rings is 6. The fourth-order valence-electron chi connectivity index (χ4n) is 12.5. The van der Waals surface area contributed by atoms with E-state index in [1.54, 1.807) is 0 Å². The maximum atomic E-state index is 14.2. The third-order valence-corrected chi connectivity index (χ3v) is 20.1. The molecule has 2 saturated carbocycles. The molecule has 0 amide bonds. The van der Waals surface area contributed by atoms with Crippen molar-refractivity contribution in [3.05, 3.63) is 203 Å². The standard InChI is InChI=1S/C32H12BF24.C27H35N2OP.C8H12.Ir/c34-25(35,36)13-1-14(26(37,38)39)6-21(5-13)33(22-7-15(27(40,41)42)2-16(8-22)28(43,44)45,23-9-17(29(46,47)48)3-18(10-23)30(49,50)51)24-11-19(31(52,53)54)4-20(12-24)32(55,56)57;1-18-10-6-8-12-22(18)31(23-13-9-7-11-19(23)2)29-21-15-14-20(16-21)25(29)26-28-24(17-30-26)27(3,4)5;1-2-4-6-8-7-5-3-1;/h1-12H;6-13,20-21,24-25H,14-17H2,1-5H3;1-2,7-8H,3-6H2;/q-1;;;/t;20-,21+,24-,25-;;/m.1../s1. The van der Waals surface area contributed by atoms with E-state index in [1.807, 2.05) is 0 Å². The quantitative estimate of drug-likeness (QED) is 0.0862. The molecule has 10 rings (SSSR count). The van der Waals surface area contributed by atoms with Crippen LogP contribution in [0.15, 0.2) is 126 Å². The van der Waals surface area contributed by atoms with Crippen molar-refractivity contribution in [3.8, 4) is 0 Å². The molecule has 0 spiro atoms. The second-order valence-corrected chi connectivity index (χ2v) is 27.0. The molecule has 4 aliphatic rings. The third-order valence-electron chi connectivity index (χ3n) is 17.2. The van der Waals surface area contributed by atoms with Crippen LogP contribution in [0, 0.1) is 50.9 Å². The minimum atomic E-state index is -6.13. The summed E-state index contributed by atoms with van der Waals surface area (Å²) in [6.07, 6.45) is -36.9. The molecule has 2 heterocycles. The number of hydrogen-bond acceptors (Lipinski definition) is 3. The van der Waals surface area contributed by atoms with Gasteiger partial charge >= 0.3 is 49.4 Å². The zero-order valence-electron chi connectivity index (χ0n) is 51.6. The van der Waals surface area contributed by atoms with Crippen molar-refractivity contribution in [1.29, 1.82) is 0 Å². The van der Waals surface area contributed by atoms with Crippen LogP contribution in [0.1, 0.15) is 121 Å². The van der Waals surface area contributed by atoms with Gasteiger partial charge in [-0.25, -0.2) is 4.99 Å². The van der Waals surface area contributed by atoms with Crippen LogP contribution in [0.5, 0.6) is 0 Å². The summed E-state index contributed by atoms with van der Waals surface area (Å²) in [7, 11) is -0.634. The summed E-state index contributed by atoms with van der Waals surface area (Å²) in [6.45, 7) is 12.1. The second-order valence-electron chi connectivity index (χ2n) is 24.9. The van der Waals surface area contributed by atoms with Crippen LogP contribution in [0.2, 0.25) is 0 Å². The molecule has 3 fully saturated rings. The van der Waals surface area contributed by atoms with Gasteiger partial charge in [-0.2, -0.15) is 127 Å². The fraction of sp³-hybridized carbons (Fsp3) is 0.388. The molecule has 5 radical (unpaired) electrons. The van der Waals surface area contributed by atoms with Crippen molar-refractivity contribution in [3.63, 3.8) is 0 Å². The molecule has 0 unspecified atom stereocenters. The van der Waals surface area contributed by atoms with Crippen LogP contribution in [0.25, 0.3) is 0 Å². The Morgan fingerprint density at radius 1 is 0.412 bits per heavy atom. The summed E-state index contributed by atoms with van der Waals surface area (Å²) in [5, 5.41) is 2.96. The minimum absolute atomic E-state index is 0. The van der Waals surface area contributed by atoms with Crippen molar-refractivity contribution in [1.82, 2.24) is 4.67 Å². The molecule has 0 aromatic heterocycles. The number of piperidine rings is 1. The Bertz CT molecular complexity index is 3240. The van der Waals surface area contributed by atoms with Gasteiger partial charge in [-0.3, -0.25) is 4.67 Å². The van der Waals surface area contributed by atoms with Gasteiger partial charge in [0, 0.05) is 34.2 Å². The molecule has 4 atom stereocenters. The molecule has 0 N–H and O–H groups in total. The third kappa shape index (κ3) is 18.2. The van der Waals surface area contributed by atoms with Crippen LogP contribution in [-0.2, 0) is 74.3 Å². The maximum absolute atomic E-state index is 14.2. The van der Waals surface area contributed by atoms with Crippen molar-refractivity contribution in [2.24, 2.45) is 16.3 Å². The Morgan fingerprint density at radius 2 is 0.691 bits per heavy atom. The summed E-state index contributed by atoms with van der Waals surface area (Å²) < 4.78 is 350. The number of nitrogens with zero attached hydrogens (tertiary/aromatic N) is 2. The number of hydrogen-bond donors (Lipinski definition) is 0. The van der Waals surface area contributed by atoms with E-state index in [-0.39, 0.29) is 31.6 Å². The molecule has 529 valence electrons. The number of halogens is 24. The second kappa shape index (κ2) is 29.1. The van der Waals surface area contributed by atoms with Crippen molar-refractivity contribution in [2.75, 3.05) is 6.61 Å². The zero-order valence-corrected chi connectivity index (χ0v) is 54.8. The van der Waals surface area contributed by atoms with Gasteiger partial charge in [0.15, 0.2) is 0 Å². The topological polar surface area (TPSA) is 24.8 Å². The molecular weight excluding hydrogens is 1540 g/mol. The van der Waals surface area contributed by atoms with Gasteiger partial charge in [0.05, 0.1) is 56.6 Å². The Labute approximate surface area is 557 Å². The first-order valence-electron chi connectivity index (χ1n) is 29.7. The molecule has 30 heteroatoms. The smallest absolute Gasteiger partial charge is 0.416 e. The molecule has 6 aromatic carbocycles. The van der Waals surface area contributed by atoms with E-state index in [0.717, 1.165) is 12.5 Å². The van der Waals surface area contributed by atoms with Gasteiger partial charge in [-0.15, -0.1) is 0 Å². The summed E-state index contributed by atoms with van der Waals surface area (Å²) in [5.74, 6) is 1.68. The molecule has 2 bridgehead atoms. The first kappa shape index (κ1) is 78.6. The number of aliphatic imine (C=N–C) groups is 1. The van der Waals surface area contributed by atoms with E-state index < -0.39 is 203 Å². The number of ether oxygens (including phenoxy) is 1. The predicted molar refractivity (Wildman–Crippen MR) is 318 cm³/mol. The fourth-order valence-corrected chi connectivity index (χ4v) is 15.6. The zero-order chi connectivity index (χ0) is 71.3. The summed E-state index contributed by atoms with van der Waals surface area (Å²) in [5.41, 5.74) is -27.3. The van der Waals surface area contributed by atoms with Gasteiger partial charge < -0.3 is 4.74 Å². The number of fused-ring (bicyclic) bond motifs is 2. The Hall–Kier alpha value is -5.79. The largest absolute Gasteiger partial charge is 0.478 e. The number of aryl methyl sites for hydroxylation is 2. The van der Waals surface area contributed by atoms with Crippen LogP contribution in [0.3, 0.4) is 0 Å². The van der Waals surface area contributed by atoms with Crippen molar-refractivity contribution >= 4 is 52.6 Å². The number of rotatable bonds is 8. The SMILES string of the molecule is Cc1ccccc1P(c1ccccc1C)N1[C@H]2CC[C@H](C2)[C@@H]1C1=N[C@@H](C(C)(C)C)CO1.FC(F)(F)c1cc([B-](c2cc(C(F)(F)F)cc(C(F)(F)F)c2)(c2cc(C(F)(F)F)cc(C(F)(F)F)c2)c2cc(C(F)(F)F)cc(C(F)(F)F)c2)cc(C(F)(F)F)c1.[CH]1[CH]CC[CH][CH]CC1.[Ir]. The Balaban J connectivity index is 0.000000273. The van der Waals surface area contributed by atoms with E-state index in [0.29, 0.717) is 18.0 Å². The van der Waals surface area contributed by atoms with Gasteiger partial charge in [0.2, 0.25) is 5.90 Å². The molecule has 97 heavy (non-hydrogen) atoms. The first-order chi connectivity index (χ1) is 44.1. The van der Waals surface area contributed by atoms with Crippen LogP contribution < -0.4 is 32.5 Å². The Kier molecular flexibility index (Phi) is 23.5. The molecule has 6 aromatic rings. The summed E-state index contributed by atoms with van der Waals surface area (Å²) >= 11 is 0. The van der Waals surface area contributed by atoms with E-state index >= 15 is 0 Å². The van der Waals surface area contributed by atoms with Crippen LogP contribution in [-0.4, -0.2) is 41.4 Å². The summed E-state index contributed by atoms with van der Waals surface area (Å²) in [6, 6.07) is 10.4. The first-order valence-corrected chi connectivity index (χ1v) is 31.0. The van der Waals surface area contributed by atoms with Crippen molar-refractivity contribution < 1.29 is 130 Å². The van der Waals surface area contributed by atoms with Crippen LogP contribution >= 0.6 is 8.07 Å². The molecular formula is C67H59BF24IrN2OP-. The maximum Gasteiger partial charge on any atom is 0.416 e. The average molecular weight is 1600 g/mol. The van der Waals surface area contributed by atoms with Crippen LogP contribution in [0.4, 0.5) is 105 Å². The number of alkyl halides is 24. The average Bonchev–Trinajstić information content (AvgIpc) is 1.11. The van der Waals surface area contributed by atoms with Gasteiger partial charge in [0.1, 0.15) is 12.8 Å². The van der Waals surface area contributed by atoms with Gasteiger partial charge in [0.25, 0.3) is 0 Å². The molecule has 3 nitrogen and oxygen atoms in total. The van der Waals surface area contributed by atoms with E-state index in [9.17, 15) is 105 Å². The van der Waals surface area contributed by atoms with E-state index in [4.69, 9.17) is 9.73 Å². The van der Waals surface area contributed by atoms with E-state index in [1.165, 1.54) is 66.7 Å². The minimum Gasteiger partial charge on any atom is -0.478 e. The van der Waals surface area contributed by atoms with Crippen molar-refractivity contribution in [2.45, 2.75) is 147 Å². The molecule has 1 saturated heterocycles. The molecule has 2 aliphatic heterocycles. The van der Waals surface area contributed by atoms with Gasteiger partial charge in [-0.1, -0.05) is 118 Å². The van der Waals surface area contributed by atoms with E-state index in [2.05, 4.69) is 114 Å².